The Morgan fingerprint density at radius 3 is 2.72 bits per heavy atom. The van der Waals surface area contributed by atoms with Crippen molar-refractivity contribution in [2.45, 2.75) is 26.8 Å². The lowest BCUT2D eigenvalue weighted by Crippen LogP contribution is -2.57. The molecule has 1 aliphatic heterocycles. The van der Waals surface area contributed by atoms with E-state index < -0.39 is 12.1 Å². The maximum atomic E-state index is 11.9. The molecule has 104 valence electrons. The van der Waals surface area contributed by atoms with Crippen molar-refractivity contribution in [2.75, 3.05) is 32.8 Å². The smallest absolute Gasteiger partial charge is 0.410 e. The van der Waals surface area contributed by atoms with Crippen LogP contribution in [0.5, 0.6) is 0 Å². The van der Waals surface area contributed by atoms with Crippen LogP contribution in [0.4, 0.5) is 4.79 Å². The highest BCUT2D eigenvalue weighted by molar-refractivity contribution is 5.82. The second kappa shape index (κ2) is 7.20. The number of nitrogens with one attached hydrogen (secondary N) is 1. The Morgan fingerprint density at radius 1 is 1.39 bits per heavy atom. The Kier molecular flexibility index (Phi) is 5.91. The van der Waals surface area contributed by atoms with Gasteiger partial charge in [-0.15, -0.1) is 0 Å². The van der Waals surface area contributed by atoms with E-state index in [0.29, 0.717) is 32.8 Å². The van der Waals surface area contributed by atoms with Gasteiger partial charge in [-0.1, -0.05) is 13.8 Å². The summed E-state index contributed by atoms with van der Waals surface area (Å²) in [5.74, 6) is -0.107. The molecule has 0 aromatic carbocycles. The Bertz CT molecular complexity index is 294. The van der Waals surface area contributed by atoms with Crippen molar-refractivity contribution in [1.82, 2.24) is 10.2 Å². The van der Waals surface area contributed by atoms with Gasteiger partial charge < -0.3 is 14.8 Å². The molecule has 1 N–H and O–H groups in total. The largest absolute Gasteiger partial charge is 0.464 e. The van der Waals surface area contributed by atoms with Crippen LogP contribution in [0, 0.1) is 5.92 Å². The van der Waals surface area contributed by atoms with Crippen LogP contribution in [0.15, 0.2) is 0 Å². The summed E-state index contributed by atoms with van der Waals surface area (Å²) in [4.78, 5) is 25.1. The van der Waals surface area contributed by atoms with E-state index in [1.807, 2.05) is 13.8 Å². The third kappa shape index (κ3) is 4.18. The van der Waals surface area contributed by atoms with E-state index in [9.17, 15) is 9.59 Å². The summed E-state index contributed by atoms with van der Waals surface area (Å²) in [5, 5.41) is 3.07. The first kappa shape index (κ1) is 14.8. The van der Waals surface area contributed by atoms with Crippen molar-refractivity contribution >= 4 is 12.1 Å². The molecule has 0 aromatic rings. The predicted octanol–water partition coefficient (Wildman–Crippen LogP) is 0.616. The highest BCUT2D eigenvalue weighted by Gasteiger charge is 2.34. The quantitative estimate of drug-likeness (QED) is 0.749. The average Bonchev–Trinajstić information content (AvgIpc) is 2.36. The summed E-state index contributed by atoms with van der Waals surface area (Å²) >= 11 is 0. The van der Waals surface area contributed by atoms with Crippen molar-refractivity contribution in [3.63, 3.8) is 0 Å². The van der Waals surface area contributed by atoms with E-state index in [-0.39, 0.29) is 11.9 Å². The summed E-state index contributed by atoms with van der Waals surface area (Å²) in [6.45, 7) is 7.88. The van der Waals surface area contributed by atoms with Crippen LogP contribution in [-0.4, -0.2) is 55.9 Å². The van der Waals surface area contributed by atoms with E-state index in [1.54, 1.807) is 6.92 Å². The number of nitrogens with zero attached hydrogens (tertiary/aromatic N) is 1. The molecule has 0 spiro atoms. The van der Waals surface area contributed by atoms with Gasteiger partial charge in [-0.25, -0.2) is 9.59 Å². The van der Waals surface area contributed by atoms with E-state index >= 15 is 0 Å². The van der Waals surface area contributed by atoms with Gasteiger partial charge in [0, 0.05) is 19.6 Å². The van der Waals surface area contributed by atoms with Crippen LogP contribution in [0.1, 0.15) is 20.8 Å². The fourth-order valence-electron chi connectivity index (χ4n) is 1.69. The van der Waals surface area contributed by atoms with Crippen molar-refractivity contribution in [1.29, 1.82) is 0 Å². The van der Waals surface area contributed by atoms with Gasteiger partial charge in [0.05, 0.1) is 13.2 Å². The van der Waals surface area contributed by atoms with Gasteiger partial charge in [0.15, 0.2) is 0 Å². The normalized spacial score (nSPS) is 19.8. The SMILES string of the molecule is CCOC(=O)C1CNCCN1C(=O)OCC(C)C. The fourth-order valence-corrected chi connectivity index (χ4v) is 1.69. The highest BCUT2D eigenvalue weighted by atomic mass is 16.6. The molecule has 6 nitrogen and oxygen atoms in total. The van der Waals surface area contributed by atoms with Crippen LogP contribution in [-0.2, 0) is 14.3 Å². The van der Waals surface area contributed by atoms with Crippen LogP contribution < -0.4 is 5.32 Å². The molecule has 1 atom stereocenters. The molecular formula is C12H22N2O4. The van der Waals surface area contributed by atoms with Crippen LogP contribution in [0.2, 0.25) is 0 Å². The van der Waals surface area contributed by atoms with Crippen molar-refractivity contribution in [3.8, 4) is 0 Å². The second-order valence-corrected chi connectivity index (χ2v) is 4.64. The van der Waals surface area contributed by atoms with Crippen molar-refractivity contribution in [2.24, 2.45) is 5.92 Å². The molecule has 1 aliphatic rings. The first-order valence-electron chi connectivity index (χ1n) is 6.37. The third-order valence-corrected chi connectivity index (χ3v) is 2.58. The molecule has 1 rings (SSSR count). The number of ether oxygens (including phenoxy) is 2. The topological polar surface area (TPSA) is 67.9 Å². The van der Waals surface area contributed by atoms with Crippen LogP contribution in [0.25, 0.3) is 0 Å². The number of amides is 1. The van der Waals surface area contributed by atoms with Crippen molar-refractivity contribution in [3.05, 3.63) is 0 Å². The zero-order valence-electron chi connectivity index (χ0n) is 11.3. The van der Waals surface area contributed by atoms with Gasteiger partial charge in [-0.2, -0.15) is 0 Å². The number of hydrogen-bond donors (Lipinski definition) is 1. The maximum absolute atomic E-state index is 11.9. The molecule has 0 saturated carbocycles. The molecule has 1 unspecified atom stereocenters. The molecule has 6 heteroatoms. The highest BCUT2D eigenvalue weighted by Crippen LogP contribution is 2.08. The van der Waals surface area contributed by atoms with E-state index in [0.717, 1.165) is 0 Å². The van der Waals surface area contributed by atoms with Gasteiger partial charge in [-0.3, -0.25) is 4.90 Å². The molecule has 0 bridgehead atoms. The zero-order valence-corrected chi connectivity index (χ0v) is 11.3. The molecule has 0 aromatic heterocycles. The number of esters is 1. The minimum atomic E-state index is -0.585. The average molecular weight is 258 g/mol. The Hall–Kier alpha value is -1.30. The van der Waals surface area contributed by atoms with Gasteiger partial charge in [0.25, 0.3) is 0 Å². The molecular weight excluding hydrogens is 236 g/mol. The molecule has 0 aliphatic carbocycles. The fraction of sp³-hybridized carbons (Fsp3) is 0.833. The molecule has 1 heterocycles. The Balaban J connectivity index is 2.58. The number of hydrogen-bond acceptors (Lipinski definition) is 5. The molecule has 0 radical (unpaired) electrons. The summed E-state index contributed by atoms with van der Waals surface area (Å²) in [6.07, 6.45) is -0.441. The third-order valence-electron chi connectivity index (χ3n) is 2.58. The Morgan fingerprint density at radius 2 is 2.11 bits per heavy atom. The van der Waals surface area contributed by atoms with E-state index in [4.69, 9.17) is 9.47 Å². The molecule has 1 amide bonds. The summed E-state index contributed by atoms with van der Waals surface area (Å²) in [6, 6.07) is -0.585. The van der Waals surface area contributed by atoms with Crippen molar-refractivity contribution < 1.29 is 19.1 Å². The monoisotopic (exact) mass is 258 g/mol. The van der Waals surface area contributed by atoms with Crippen LogP contribution >= 0.6 is 0 Å². The summed E-state index contributed by atoms with van der Waals surface area (Å²) in [5.41, 5.74) is 0. The summed E-state index contributed by atoms with van der Waals surface area (Å²) in [7, 11) is 0. The number of carbonyl (C=O) groups is 2. The van der Waals surface area contributed by atoms with Gasteiger partial charge in [-0.05, 0) is 12.8 Å². The summed E-state index contributed by atoms with van der Waals surface area (Å²) < 4.78 is 10.1. The lowest BCUT2D eigenvalue weighted by atomic mass is 10.2. The first-order valence-corrected chi connectivity index (χ1v) is 6.37. The van der Waals surface area contributed by atoms with Gasteiger partial charge >= 0.3 is 12.1 Å². The lowest BCUT2D eigenvalue weighted by molar-refractivity contribution is -0.149. The first-order chi connectivity index (χ1) is 8.56. The lowest BCUT2D eigenvalue weighted by Gasteiger charge is -2.33. The molecule has 18 heavy (non-hydrogen) atoms. The Labute approximate surface area is 108 Å². The standard InChI is InChI=1S/C12H22N2O4/c1-4-17-11(15)10-7-13-5-6-14(10)12(16)18-8-9(2)3/h9-10,13H,4-8H2,1-3H3. The van der Waals surface area contributed by atoms with Gasteiger partial charge in [0.2, 0.25) is 0 Å². The van der Waals surface area contributed by atoms with Gasteiger partial charge in [0.1, 0.15) is 6.04 Å². The number of piperazine rings is 1. The van der Waals surface area contributed by atoms with E-state index in [2.05, 4.69) is 5.32 Å². The van der Waals surface area contributed by atoms with Crippen LogP contribution in [0.3, 0.4) is 0 Å². The van der Waals surface area contributed by atoms with E-state index in [1.165, 1.54) is 4.90 Å². The minimum Gasteiger partial charge on any atom is -0.464 e. The molecule has 1 fully saturated rings. The predicted molar refractivity (Wildman–Crippen MR) is 66.2 cm³/mol. The molecule has 1 saturated heterocycles. The zero-order chi connectivity index (χ0) is 13.5. The maximum Gasteiger partial charge on any atom is 0.410 e. The minimum absolute atomic E-state index is 0.276. The number of rotatable bonds is 4. The second-order valence-electron chi connectivity index (χ2n) is 4.64. The number of carbonyl (C=O) groups excluding carboxylic acids is 2.